The molecule has 1 heterocycles. The van der Waals surface area contributed by atoms with Crippen molar-refractivity contribution in [3.63, 3.8) is 0 Å². The molecular formula is C13H23N3O. The molecule has 1 aromatic rings. The van der Waals surface area contributed by atoms with Gasteiger partial charge in [0, 0.05) is 32.0 Å². The first-order chi connectivity index (χ1) is 8.11. The maximum atomic E-state index is 5.19. The van der Waals surface area contributed by atoms with Gasteiger partial charge in [-0.1, -0.05) is 6.07 Å². The van der Waals surface area contributed by atoms with Gasteiger partial charge in [-0.15, -0.1) is 0 Å². The molecule has 1 rings (SSSR count). The van der Waals surface area contributed by atoms with Crippen LogP contribution in [0, 0.1) is 0 Å². The van der Waals surface area contributed by atoms with Gasteiger partial charge in [-0.3, -0.25) is 0 Å². The summed E-state index contributed by atoms with van der Waals surface area (Å²) < 4.78 is 5.19. The van der Waals surface area contributed by atoms with E-state index in [0.29, 0.717) is 12.6 Å². The van der Waals surface area contributed by atoms with Gasteiger partial charge in [-0.25, -0.2) is 4.98 Å². The molecule has 0 aliphatic rings. The summed E-state index contributed by atoms with van der Waals surface area (Å²) >= 11 is 0. The third kappa shape index (κ3) is 3.41. The summed E-state index contributed by atoms with van der Waals surface area (Å²) in [6, 6.07) is 4.68. The van der Waals surface area contributed by atoms with Gasteiger partial charge in [-0.05, 0) is 27.0 Å². The van der Waals surface area contributed by atoms with Crippen LogP contribution in [0.15, 0.2) is 18.3 Å². The lowest BCUT2D eigenvalue weighted by molar-refractivity contribution is 0.183. The van der Waals surface area contributed by atoms with Crippen LogP contribution in [0.25, 0.3) is 0 Å². The highest BCUT2D eigenvalue weighted by Crippen LogP contribution is 2.23. The molecule has 0 saturated heterocycles. The molecular weight excluding hydrogens is 214 g/mol. The van der Waals surface area contributed by atoms with E-state index in [1.54, 1.807) is 7.11 Å². The van der Waals surface area contributed by atoms with E-state index in [1.807, 2.05) is 19.3 Å². The van der Waals surface area contributed by atoms with Crippen LogP contribution >= 0.6 is 0 Å². The van der Waals surface area contributed by atoms with Crippen molar-refractivity contribution in [2.75, 3.05) is 32.7 Å². The molecule has 0 saturated carbocycles. The molecule has 96 valence electrons. The highest BCUT2D eigenvalue weighted by atomic mass is 16.5. The SMILES string of the molecule is CNC(C)c1cccnc1N(C)C(C)COC. The lowest BCUT2D eigenvalue weighted by atomic mass is 10.1. The van der Waals surface area contributed by atoms with Gasteiger partial charge in [0.1, 0.15) is 5.82 Å². The van der Waals surface area contributed by atoms with E-state index in [4.69, 9.17) is 4.74 Å². The number of hydrogen-bond donors (Lipinski definition) is 1. The molecule has 2 atom stereocenters. The summed E-state index contributed by atoms with van der Waals surface area (Å²) in [6.45, 7) is 4.96. The fourth-order valence-corrected chi connectivity index (χ4v) is 1.76. The van der Waals surface area contributed by atoms with Gasteiger partial charge < -0.3 is 15.0 Å². The van der Waals surface area contributed by atoms with Gasteiger partial charge >= 0.3 is 0 Å². The predicted octanol–water partition coefficient (Wildman–Crippen LogP) is 1.83. The normalized spacial score (nSPS) is 14.4. The molecule has 0 bridgehead atoms. The fourth-order valence-electron chi connectivity index (χ4n) is 1.76. The fraction of sp³-hybridized carbons (Fsp3) is 0.615. The highest BCUT2D eigenvalue weighted by Gasteiger charge is 2.17. The van der Waals surface area contributed by atoms with Crippen molar-refractivity contribution in [3.8, 4) is 0 Å². The Kier molecular flexibility index (Phi) is 5.38. The molecule has 0 fully saturated rings. The Balaban J connectivity index is 2.96. The molecule has 4 nitrogen and oxygen atoms in total. The van der Waals surface area contributed by atoms with Gasteiger partial charge in [-0.2, -0.15) is 0 Å². The summed E-state index contributed by atoms with van der Waals surface area (Å²) in [4.78, 5) is 6.64. The van der Waals surface area contributed by atoms with Crippen molar-refractivity contribution < 1.29 is 4.74 Å². The summed E-state index contributed by atoms with van der Waals surface area (Å²) in [5.41, 5.74) is 1.21. The van der Waals surface area contributed by atoms with Crippen molar-refractivity contribution in [1.29, 1.82) is 0 Å². The first-order valence-corrected chi connectivity index (χ1v) is 5.95. The first-order valence-electron chi connectivity index (χ1n) is 5.95. The number of rotatable bonds is 6. The lowest BCUT2D eigenvalue weighted by Crippen LogP contribution is -2.34. The van der Waals surface area contributed by atoms with E-state index in [9.17, 15) is 0 Å². The Morgan fingerprint density at radius 2 is 2.18 bits per heavy atom. The van der Waals surface area contributed by atoms with E-state index in [2.05, 4.69) is 42.2 Å². The number of anilines is 1. The second kappa shape index (κ2) is 6.57. The van der Waals surface area contributed by atoms with Crippen LogP contribution in [0.2, 0.25) is 0 Å². The van der Waals surface area contributed by atoms with Crippen LogP contribution < -0.4 is 10.2 Å². The topological polar surface area (TPSA) is 37.4 Å². The van der Waals surface area contributed by atoms with E-state index >= 15 is 0 Å². The van der Waals surface area contributed by atoms with Gasteiger partial charge in [0.25, 0.3) is 0 Å². The zero-order chi connectivity index (χ0) is 12.8. The maximum Gasteiger partial charge on any atom is 0.133 e. The third-order valence-corrected chi connectivity index (χ3v) is 3.12. The van der Waals surface area contributed by atoms with Gasteiger partial charge in [0.05, 0.1) is 12.6 Å². The van der Waals surface area contributed by atoms with Crippen LogP contribution in [0.1, 0.15) is 25.5 Å². The van der Waals surface area contributed by atoms with Crippen LogP contribution in [-0.2, 0) is 4.74 Å². The van der Waals surface area contributed by atoms with Crippen molar-refractivity contribution in [2.45, 2.75) is 25.9 Å². The number of hydrogen-bond acceptors (Lipinski definition) is 4. The number of pyridine rings is 1. The molecule has 0 amide bonds. The standard InChI is InChI=1S/C13H23N3O/c1-10(9-17-5)16(4)13-12(11(2)14-3)7-6-8-15-13/h6-8,10-11,14H,9H2,1-5H3. The van der Waals surface area contributed by atoms with Crippen LogP contribution in [-0.4, -0.2) is 38.8 Å². The monoisotopic (exact) mass is 237 g/mol. The van der Waals surface area contributed by atoms with Crippen LogP contribution in [0.3, 0.4) is 0 Å². The van der Waals surface area contributed by atoms with E-state index in [0.717, 1.165) is 5.82 Å². The molecule has 1 N–H and O–H groups in total. The molecule has 0 aliphatic heterocycles. The van der Waals surface area contributed by atoms with Crippen LogP contribution in [0.5, 0.6) is 0 Å². The summed E-state index contributed by atoms with van der Waals surface area (Å²) in [7, 11) is 5.73. The van der Waals surface area contributed by atoms with Crippen LogP contribution in [0.4, 0.5) is 5.82 Å². The lowest BCUT2D eigenvalue weighted by Gasteiger charge is -2.28. The largest absolute Gasteiger partial charge is 0.383 e. The smallest absolute Gasteiger partial charge is 0.133 e. The minimum atomic E-state index is 0.288. The molecule has 2 unspecified atom stereocenters. The first kappa shape index (κ1) is 13.9. The average molecular weight is 237 g/mol. The number of aromatic nitrogens is 1. The van der Waals surface area contributed by atoms with Gasteiger partial charge in [0.2, 0.25) is 0 Å². The van der Waals surface area contributed by atoms with E-state index in [1.165, 1.54) is 5.56 Å². The van der Waals surface area contributed by atoms with Crippen molar-refractivity contribution >= 4 is 5.82 Å². The minimum absolute atomic E-state index is 0.288. The average Bonchev–Trinajstić information content (AvgIpc) is 2.37. The molecule has 1 aromatic heterocycles. The Morgan fingerprint density at radius 3 is 2.76 bits per heavy atom. The Hall–Kier alpha value is -1.13. The van der Waals surface area contributed by atoms with Crippen molar-refractivity contribution in [1.82, 2.24) is 10.3 Å². The second-order valence-corrected chi connectivity index (χ2v) is 4.34. The molecule has 0 spiro atoms. The summed E-state index contributed by atoms with van der Waals surface area (Å²) in [5.74, 6) is 1.01. The summed E-state index contributed by atoms with van der Waals surface area (Å²) in [6.07, 6.45) is 1.83. The van der Waals surface area contributed by atoms with E-state index < -0.39 is 0 Å². The van der Waals surface area contributed by atoms with Crippen molar-refractivity contribution in [2.24, 2.45) is 0 Å². The summed E-state index contributed by atoms with van der Waals surface area (Å²) in [5, 5.41) is 3.25. The number of ether oxygens (including phenoxy) is 1. The minimum Gasteiger partial charge on any atom is -0.383 e. The molecule has 4 heteroatoms. The zero-order valence-corrected chi connectivity index (χ0v) is 11.4. The maximum absolute atomic E-state index is 5.19. The molecule has 0 aromatic carbocycles. The van der Waals surface area contributed by atoms with Crippen molar-refractivity contribution in [3.05, 3.63) is 23.9 Å². The third-order valence-electron chi connectivity index (χ3n) is 3.12. The highest BCUT2D eigenvalue weighted by molar-refractivity contribution is 5.48. The predicted molar refractivity (Wildman–Crippen MR) is 71.5 cm³/mol. The molecule has 0 aliphatic carbocycles. The zero-order valence-electron chi connectivity index (χ0n) is 11.4. The number of methoxy groups -OCH3 is 1. The Bertz CT molecular complexity index is 343. The Morgan fingerprint density at radius 1 is 1.47 bits per heavy atom. The number of nitrogens with one attached hydrogen (secondary N) is 1. The Labute approximate surface area is 104 Å². The number of likely N-dealkylation sites (N-methyl/N-ethyl adjacent to an activating group) is 1. The molecule has 17 heavy (non-hydrogen) atoms. The molecule has 0 radical (unpaired) electrons. The van der Waals surface area contributed by atoms with E-state index in [-0.39, 0.29) is 6.04 Å². The number of nitrogens with zero attached hydrogens (tertiary/aromatic N) is 2. The quantitative estimate of drug-likeness (QED) is 0.819. The van der Waals surface area contributed by atoms with Gasteiger partial charge in [0.15, 0.2) is 0 Å². The second-order valence-electron chi connectivity index (χ2n) is 4.34.